The van der Waals surface area contributed by atoms with Crippen LogP contribution in [0.2, 0.25) is 0 Å². The van der Waals surface area contributed by atoms with Gasteiger partial charge >= 0.3 is 5.97 Å². The lowest BCUT2D eigenvalue weighted by molar-refractivity contribution is -0.135. The van der Waals surface area contributed by atoms with Gasteiger partial charge in [-0.15, -0.1) is 5.10 Å². The molecule has 2 aliphatic rings. The molecule has 27 heavy (non-hydrogen) atoms. The number of morpholine rings is 1. The third-order valence-electron chi connectivity index (χ3n) is 3.79. The molecule has 0 unspecified atom stereocenters. The molecule has 2 saturated heterocycles. The highest BCUT2D eigenvalue weighted by Gasteiger charge is 2.25. The lowest BCUT2D eigenvalue weighted by atomic mass is 10.1. The number of anilines is 1. The van der Waals surface area contributed by atoms with Crippen LogP contribution in [0, 0.1) is 0 Å². The van der Waals surface area contributed by atoms with Crippen molar-refractivity contribution in [2.45, 2.75) is 0 Å². The minimum atomic E-state index is -0.595. The first-order chi connectivity index (χ1) is 13.1. The quantitative estimate of drug-likeness (QED) is 0.324. The van der Waals surface area contributed by atoms with E-state index < -0.39 is 11.9 Å². The molecule has 0 radical (unpaired) electrons. The van der Waals surface area contributed by atoms with Crippen molar-refractivity contribution >= 4 is 56.6 Å². The second kappa shape index (κ2) is 9.16. The summed E-state index contributed by atoms with van der Waals surface area (Å²) in [4.78, 5) is 25.5. The van der Waals surface area contributed by atoms with Crippen LogP contribution in [0.4, 0.5) is 5.69 Å². The van der Waals surface area contributed by atoms with Crippen molar-refractivity contribution in [3.63, 3.8) is 0 Å². The minimum absolute atomic E-state index is 0.216. The Labute approximate surface area is 168 Å². The number of methoxy groups -OCH3 is 1. The Morgan fingerprint density at radius 2 is 2.19 bits per heavy atom. The summed E-state index contributed by atoms with van der Waals surface area (Å²) < 4.78 is 10.9. The number of rotatable bonds is 4. The van der Waals surface area contributed by atoms with Crippen molar-refractivity contribution in [2.24, 2.45) is 10.2 Å². The number of hydrogen-bond acceptors (Lipinski definition) is 8. The van der Waals surface area contributed by atoms with E-state index in [4.69, 9.17) is 4.74 Å². The second-order valence-corrected chi connectivity index (χ2v) is 7.49. The molecule has 3 rings (SSSR count). The van der Waals surface area contributed by atoms with Crippen molar-refractivity contribution in [2.75, 3.05) is 38.3 Å². The first-order valence-corrected chi connectivity index (χ1v) is 9.70. The van der Waals surface area contributed by atoms with Gasteiger partial charge in [-0.1, -0.05) is 22.0 Å². The zero-order valence-electron chi connectivity index (χ0n) is 14.5. The van der Waals surface area contributed by atoms with Crippen molar-refractivity contribution in [1.29, 1.82) is 0 Å². The van der Waals surface area contributed by atoms with Gasteiger partial charge in [-0.3, -0.25) is 10.1 Å². The minimum Gasteiger partial charge on any atom is -0.466 e. The molecule has 0 bridgehead atoms. The average Bonchev–Trinajstić information content (AvgIpc) is 3.02. The van der Waals surface area contributed by atoms with Gasteiger partial charge in [0.1, 0.15) is 0 Å². The standard InChI is InChI=1S/C17H17BrN4O4S/c1-25-15(23)9-14-16(24)20-17(27-14)21-19-10-11-2-3-12(18)8-13(11)22-4-6-26-7-5-22/h2-3,8-10H,4-7H2,1H3,(H,20,21,24)/b14-9+,19-10?. The fourth-order valence-electron chi connectivity index (χ4n) is 2.49. The van der Waals surface area contributed by atoms with Crippen molar-refractivity contribution in [3.8, 4) is 0 Å². The molecule has 0 spiro atoms. The van der Waals surface area contributed by atoms with E-state index in [0.29, 0.717) is 18.4 Å². The Bertz CT molecular complexity index is 834. The molecular weight excluding hydrogens is 436 g/mol. The first-order valence-electron chi connectivity index (χ1n) is 8.09. The van der Waals surface area contributed by atoms with E-state index in [1.54, 1.807) is 6.21 Å². The molecular formula is C17H17BrN4O4S. The summed E-state index contributed by atoms with van der Waals surface area (Å²) >= 11 is 4.53. The summed E-state index contributed by atoms with van der Waals surface area (Å²) in [6, 6.07) is 5.91. The third-order valence-corrected chi connectivity index (χ3v) is 5.18. The number of amidine groups is 1. The number of nitrogens with zero attached hydrogens (tertiary/aromatic N) is 3. The van der Waals surface area contributed by atoms with E-state index in [9.17, 15) is 9.59 Å². The highest BCUT2D eigenvalue weighted by molar-refractivity contribution is 9.10. The molecule has 1 aromatic carbocycles. The lowest BCUT2D eigenvalue weighted by Gasteiger charge is -2.30. The van der Waals surface area contributed by atoms with Gasteiger partial charge in [0.15, 0.2) is 5.17 Å². The molecule has 142 valence electrons. The summed E-state index contributed by atoms with van der Waals surface area (Å²) in [5.41, 5.74) is 1.94. The van der Waals surface area contributed by atoms with Gasteiger partial charge in [-0.25, -0.2) is 4.79 Å². The summed E-state index contributed by atoms with van der Waals surface area (Å²) in [7, 11) is 1.25. The number of carbonyl (C=O) groups excluding carboxylic acids is 2. The monoisotopic (exact) mass is 452 g/mol. The zero-order valence-corrected chi connectivity index (χ0v) is 16.9. The van der Waals surface area contributed by atoms with Crippen LogP contribution in [0.1, 0.15) is 5.56 Å². The number of amides is 1. The molecule has 1 N–H and O–H groups in total. The number of nitrogens with one attached hydrogen (secondary N) is 1. The van der Waals surface area contributed by atoms with Crippen LogP contribution in [-0.2, 0) is 19.1 Å². The first kappa shape index (κ1) is 19.6. The van der Waals surface area contributed by atoms with Crippen molar-refractivity contribution in [1.82, 2.24) is 5.32 Å². The van der Waals surface area contributed by atoms with E-state index >= 15 is 0 Å². The number of hydrogen-bond donors (Lipinski definition) is 1. The molecule has 2 aliphatic heterocycles. The molecule has 1 aromatic rings. The Balaban J connectivity index is 1.75. The number of thioether (sulfide) groups is 1. The fraction of sp³-hybridized carbons (Fsp3) is 0.294. The topological polar surface area (TPSA) is 92.6 Å². The molecule has 8 nitrogen and oxygen atoms in total. The average molecular weight is 453 g/mol. The molecule has 1 amide bonds. The van der Waals surface area contributed by atoms with Crippen molar-refractivity contribution in [3.05, 3.63) is 39.2 Å². The molecule has 10 heteroatoms. The van der Waals surface area contributed by atoms with Gasteiger partial charge < -0.3 is 14.4 Å². The Kier molecular flexibility index (Phi) is 6.64. The van der Waals surface area contributed by atoms with Gasteiger partial charge in [-0.05, 0) is 23.9 Å². The molecule has 0 atom stereocenters. The molecule has 2 fully saturated rings. The van der Waals surface area contributed by atoms with Gasteiger partial charge in [0, 0.05) is 34.9 Å². The molecule has 0 saturated carbocycles. The lowest BCUT2D eigenvalue weighted by Crippen LogP contribution is -2.36. The van der Waals surface area contributed by atoms with Gasteiger partial charge in [0.2, 0.25) is 0 Å². The number of esters is 1. The maximum atomic E-state index is 11.8. The van der Waals surface area contributed by atoms with Crippen LogP contribution in [0.15, 0.2) is 43.9 Å². The third kappa shape index (κ3) is 5.18. The van der Waals surface area contributed by atoms with Crippen LogP contribution in [0.5, 0.6) is 0 Å². The summed E-state index contributed by atoms with van der Waals surface area (Å²) in [6.07, 6.45) is 2.76. The zero-order chi connectivity index (χ0) is 19.2. The van der Waals surface area contributed by atoms with Gasteiger partial charge in [0.25, 0.3) is 5.91 Å². The number of ether oxygens (including phenoxy) is 2. The second-order valence-electron chi connectivity index (χ2n) is 5.54. The summed E-state index contributed by atoms with van der Waals surface area (Å²) in [6.45, 7) is 2.98. The smallest absolute Gasteiger partial charge is 0.331 e. The molecule has 0 aliphatic carbocycles. The predicted octanol–water partition coefficient (Wildman–Crippen LogP) is 1.90. The molecule has 0 aromatic heterocycles. The highest BCUT2D eigenvalue weighted by Crippen LogP contribution is 2.26. The number of halogens is 1. The SMILES string of the molecule is COC(=O)/C=C1/S/C(=N\N=Cc2ccc(Br)cc2N2CCOCC2)NC1=O. The normalized spacial score (nSPS) is 20.5. The Hall–Kier alpha value is -2.17. The largest absolute Gasteiger partial charge is 0.466 e. The van der Waals surface area contributed by atoms with E-state index in [2.05, 4.69) is 41.1 Å². The van der Waals surface area contributed by atoms with E-state index in [1.807, 2.05) is 18.2 Å². The van der Waals surface area contributed by atoms with Crippen LogP contribution >= 0.6 is 27.7 Å². The number of carbonyl (C=O) groups is 2. The number of benzene rings is 1. The summed E-state index contributed by atoms with van der Waals surface area (Å²) in [5, 5.41) is 11.0. The molecule has 2 heterocycles. The van der Waals surface area contributed by atoms with Crippen LogP contribution in [0.3, 0.4) is 0 Å². The maximum absolute atomic E-state index is 11.8. The van der Waals surface area contributed by atoms with E-state index in [-0.39, 0.29) is 4.91 Å². The summed E-state index contributed by atoms with van der Waals surface area (Å²) in [5.74, 6) is -1.00. The Morgan fingerprint density at radius 3 is 2.93 bits per heavy atom. The van der Waals surface area contributed by atoms with Gasteiger partial charge in [0.05, 0.1) is 31.4 Å². The van der Waals surface area contributed by atoms with Crippen LogP contribution in [0.25, 0.3) is 0 Å². The van der Waals surface area contributed by atoms with Gasteiger partial charge in [-0.2, -0.15) is 5.10 Å². The highest BCUT2D eigenvalue weighted by atomic mass is 79.9. The van der Waals surface area contributed by atoms with Crippen LogP contribution < -0.4 is 10.2 Å². The predicted molar refractivity (Wildman–Crippen MR) is 108 cm³/mol. The maximum Gasteiger partial charge on any atom is 0.331 e. The fourth-order valence-corrected chi connectivity index (χ4v) is 3.58. The van der Waals surface area contributed by atoms with E-state index in [0.717, 1.165) is 46.7 Å². The Morgan fingerprint density at radius 1 is 1.41 bits per heavy atom. The van der Waals surface area contributed by atoms with Crippen LogP contribution in [-0.4, -0.2) is 56.7 Å². The van der Waals surface area contributed by atoms with E-state index in [1.165, 1.54) is 7.11 Å². The van der Waals surface area contributed by atoms with Crippen molar-refractivity contribution < 1.29 is 19.1 Å².